The molecule has 1 heteroatoms. The first-order chi connectivity index (χ1) is 13.7. The molecule has 1 nitrogen and oxygen atoms in total. The summed E-state index contributed by atoms with van der Waals surface area (Å²) < 4.78 is 0. The molecule has 0 aromatic rings. The minimum atomic E-state index is 0.461. The lowest BCUT2D eigenvalue weighted by Crippen LogP contribution is -2.46. The average Bonchev–Trinajstić information content (AvgIpc) is 2.64. The van der Waals surface area contributed by atoms with Crippen molar-refractivity contribution in [3.05, 3.63) is 0 Å². The Bertz CT molecular complexity index is 416. The van der Waals surface area contributed by atoms with Crippen molar-refractivity contribution in [2.24, 2.45) is 23.2 Å². The maximum atomic E-state index is 12.6. The van der Waals surface area contributed by atoms with Gasteiger partial charge in [0.2, 0.25) is 0 Å². The molecule has 4 fully saturated rings. The molecule has 0 heterocycles. The van der Waals surface area contributed by atoms with Gasteiger partial charge in [-0.3, -0.25) is 4.79 Å². The number of unbranched alkanes of at least 4 members (excludes halogenated alkanes) is 12. The summed E-state index contributed by atoms with van der Waals surface area (Å²) in [5.41, 5.74) is 0.461. The molecule has 4 aliphatic carbocycles. The Hall–Kier alpha value is -0.330. The molecule has 0 atom stereocenters. The van der Waals surface area contributed by atoms with E-state index < -0.39 is 0 Å². The summed E-state index contributed by atoms with van der Waals surface area (Å²) in [4.78, 5) is 12.6. The van der Waals surface area contributed by atoms with Crippen LogP contribution in [0.3, 0.4) is 0 Å². The fourth-order valence-electron chi connectivity index (χ4n) is 7.35. The molecule has 4 rings (SSSR count). The van der Waals surface area contributed by atoms with Crippen LogP contribution in [-0.2, 0) is 4.79 Å². The van der Waals surface area contributed by atoms with E-state index >= 15 is 0 Å². The van der Waals surface area contributed by atoms with Crippen LogP contribution in [0.15, 0.2) is 0 Å². The molecule has 0 radical (unpaired) electrons. The van der Waals surface area contributed by atoms with Gasteiger partial charge in [-0.1, -0.05) is 84.0 Å². The Kier molecular flexibility index (Phi) is 9.38. The largest absolute Gasteiger partial charge is 0.300 e. The minimum absolute atomic E-state index is 0.461. The lowest BCUT2D eigenvalue weighted by Gasteiger charge is -2.56. The third kappa shape index (κ3) is 7.17. The van der Waals surface area contributed by atoms with Gasteiger partial charge in [0.05, 0.1) is 0 Å². The van der Waals surface area contributed by atoms with Gasteiger partial charge >= 0.3 is 0 Å². The Labute approximate surface area is 175 Å². The van der Waals surface area contributed by atoms with Crippen LogP contribution in [0.5, 0.6) is 0 Å². The number of hydrogen-bond acceptors (Lipinski definition) is 1. The van der Waals surface area contributed by atoms with Crippen molar-refractivity contribution in [1.29, 1.82) is 0 Å². The molecular weight excluding hydrogens is 340 g/mol. The van der Waals surface area contributed by atoms with E-state index in [4.69, 9.17) is 0 Å². The Balaban J connectivity index is 1.14. The smallest absolute Gasteiger partial charge is 0.133 e. The molecule has 0 N–H and O–H groups in total. The van der Waals surface area contributed by atoms with Crippen molar-refractivity contribution in [3.63, 3.8) is 0 Å². The van der Waals surface area contributed by atoms with Gasteiger partial charge < -0.3 is 0 Å². The summed E-state index contributed by atoms with van der Waals surface area (Å²) in [6.07, 6.45) is 28.5. The van der Waals surface area contributed by atoms with Crippen LogP contribution in [0.2, 0.25) is 0 Å². The fraction of sp³-hybridized carbons (Fsp3) is 0.963. The van der Waals surface area contributed by atoms with Crippen molar-refractivity contribution in [2.45, 2.75) is 142 Å². The normalized spacial score (nSPS) is 30.8. The number of hydrogen-bond donors (Lipinski definition) is 0. The standard InChI is InChI=1S/C27H48O/c1-2-3-4-5-6-7-8-9-10-11-12-13-14-15-26(28)22-27-19-23-16-24(20-27)18-25(17-23)21-27/h23-25H,2-22H2,1H3. The van der Waals surface area contributed by atoms with E-state index in [1.165, 1.54) is 116 Å². The summed E-state index contributed by atoms with van der Waals surface area (Å²) in [6, 6.07) is 0. The van der Waals surface area contributed by atoms with Crippen LogP contribution in [0.1, 0.15) is 142 Å². The number of ketones is 1. The number of carbonyl (C=O) groups is 1. The predicted octanol–water partition coefficient (Wildman–Crippen LogP) is 8.64. The summed E-state index contributed by atoms with van der Waals surface area (Å²) in [5.74, 6) is 3.55. The lowest BCUT2D eigenvalue weighted by molar-refractivity contribution is -0.127. The first-order valence-electron chi connectivity index (χ1n) is 13.2. The molecule has 0 saturated heterocycles. The van der Waals surface area contributed by atoms with E-state index in [-0.39, 0.29) is 0 Å². The summed E-state index contributed by atoms with van der Waals surface area (Å²) in [5, 5.41) is 0. The highest BCUT2D eigenvalue weighted by Crippen LogP contribution is 2.61. The van der Waals surface area contributed by atoms with Crippen LogP contribution in [0.25, 0.3) is 0 Å². The molecule has 4 saturated carbocycles. The maximum absolute atomic E-state index is 12.6. The summed E-state index contributed by atoms with van der Waals surface area (Å²) >= 11 is 0. The van der Waals surface area contributed by atoms with Gasteiger partial charge in [0, 0.05) is 12.8 Å². The highest BCUT2D eigenvalue weighted by molar-refractivity contribution is 5.79. The van der Waals surface area contributed by atoms with Gasteiger partial charge in [0.15, 0.2) is 0 Å². The highest BCUT2D eigenvalue weighted by Gasteiger charge is 2.51. The lowest BCUT2D eigenvalue weighted by atomic mass is 9.48. The third-order valence-electron chi connectivity index (χ3n) is 8.30. The quantitative estimate of drug-likeness (QED) is 0.242. The molecule has 4 bridgehead atoms. The molecular formula is C27H48O. The second-order valence-corrected chi connectivity index (χ2v) is 11.1. The molecule has 0 unspecified atom stereocenters. The van der Waals surface area contributed by atoms with Crippen molar-refractivity contribution < 1.29 is 4.79 Å². The van der Waals surface area contributed by atoms with E-state index in [1.807, 2.05) is 0 Å². The van der Waals surface area contributed by atoms with Gasteiger partial charge in [0.25, 0.3) is 0 Å². The Morgan fingerprint density at radius 2 is 1.04 bits per heavy atom. The molecule has 0 aromatic carbocycles. The van der Waals surface area contributed by atoms with Crippen LogP contribution < -0.4 is 0 Å². The van der Waals surface area contributed by atoms with E-state index in [0.29, 0.717) is 11.2 Å². The topological polar surface area (TPSA) is 17.1 Å². The predicted molar refractivity (Wildman–Crippen MR) is 121 cm³/mol. The molecule has 0 aliphatic heterocycles. The zero-order valence-electron chi connectivity index (χ0n) is 19.0. The monoisotopic (exact) mass is 388 g/mol. The molecule has 0 aromatic heterocycles. The molecule has 162 valence electrons. The van der Waals surface area contributed by atoms with E-state index in [0.717, 1.165) is 37.0 Å². The average molecular weight is 389 g/mol. The van der Waals surface area contributed by atoms with Crippen molar-refractivity contribution in [1.82, 2.24) is 0 Å². The second kappa shape index (κ2) is 11.8. The van der Waals surface area contributed by atoms with Crippen LogP contribution in [0.4, 0.5) is 0 Å². The van der Waals surface area contributed by atoms with Gasteiger partial charge in [-0.25, -0.2) is 0 Å². The van der Waals surface area contributed by atoms with E-state index in [9.17, 15) is 4.79 Å². The van der Waals surface area contributed by atoms with Gasteiger partial charge in [0.1, 0.15) is 5.78 Å². The number of carbonyl (C=O) groups excluding carboxylic acids is 1. The van der Waals surface area contributed by atoms with Crippen molar-refractivity contribution >= 4 is 5.78 Å². The van der Waals surface area contributed by atoms with E-state index in [2.05, 4.69) is 6.92 Å². The first-order valence-corrected chi connectivity index (χ1v) is 13.2. The Morgan fingerprint density at radius 3 is 1.46 bits per heavy atom. The van der Waals surface area contributed by atoms with Gasteiger partial charge in [-0.05, 0) is 68.1 Å². The number of Topliss-reactive ketones (excluding diaryl/α,β-unsaturated/α-hetero) is 1. The van der Waals surface area contributed by atoms with Crippen LogP contribution in [-0.4, -0.2) is 5.78 Å². The van der Waals surface area contributed by atoms with Crippen molar-refractivity contribution in [2.75, 3.05) is 0 Å². The molecule has 4 aliphatic rings. The van der Waals surface area contributed by atoms with E-state index in [1.54, 1.807) is 0 Å². The summed E-state index contributed by atoms with van der Waals surface area (Å²) in [6.45, 7) is 2.29. The highest BCUT2D eigenvalue weighted by atomic mass is 16.1. The first kappa shape index (κ1) is 22.4. The number of rotatable bonds is 16. The zero-order valence-corrected chi connectivity index (χ0v) is 19.0. The minimum Gasteiger partial charge on any atom is -0.300 e. The fourth-order valence-corrected chi connectivity index (χ4v) is 7.35. The van der Waals surface area contributed by atoms with Crippen LogP contribution >= 0.6 is 0 Å². The SMILES string of the molecule is CCCCCCCCCCCCCCCC(=O)CC12CC3CC(CC(C3)C1)C2. The Morgan fingerprint density at radius 1 is 0.643 bits per heavy atom. The van der Waals surface area contributed by atoms with Gasteiger partial charge in [-0.15, -0.1) is 0 Å². The maximum Gasteiger partial charge on any atom is 0.133 e. The molecule has 28 heavy (non-hydrogen) atoms. The van der Waals surface area contributed by atoms with Gasteiger partial charge in [-0.2, -0.15) is 0 Å². The second-order valence-electron chi connectivity index (χ2n) is 11.1. The molecule has 0 spiro atoms. The summed E-state index contributed by atoms with van der Waals surface area (Å²) in [7, 11) is 0. The third-order valence-corrected chi connectivity index (χ3v) is 8.30. The van der Waals surface area contributed by atoms with Crippen LogP contribution in [0, 0.1) is 23.2 Å². The van der Waals surface area contributed by atoms with Crippen molar-refractivity contribution in [3.8, 4) is 0 Å². The molecule has 0 amide bonds. The zero-order chi connectivity index (χ0) is 19.7.